The average molecular weight is 276 g/mol. The second-order valence-corrected chi connectivity index (χ2v) is 6.98. The molecule has 3 heteroatoms. The van der Waals surface area contributed by atoms with Gasteiger partial charge in [0.05, 0.1) is 5.56 Å². The van der Waals surface area contributed by atoms with Gasteiger partial charge in [0.2, 0.25) is 0 Å². The summed E-state index contributed by atoms with van der Waals surface area (Å²) < 4.78 is 19.3. The molecule has 0 aromatic heterocycles. The smallest absolute Gasteiger partial charge is 0.341 e. The van der Waals surface area contributed by atoms with Crippen molar-refractivity contribution in [1.29, 1.82) is 0 Å². The highest BCUT2D eigenvalue weighted by molar-refractivity contribution is 5.89. The van der Waals surface area contributed by atoms with Crippen LogP contribution >= 0.6 is 0 Å². The molecule has 2 bridgehead atoms. The Labute approximate surface area is 119 Å². The topological polar surface area (TPSA) is 26.3 Å². The van der Waals surface area contributed by atoms with Crippen LogP contribution in [0.15, 0.2) is 24.3 Å². The highest BCUT2D eigenvalue weighted by atomic mass is 19.1. The number of carbonyl (C=O) groups excluding carboxylic acids is 1. The lowest BCUT2D eigenvalue weighted by molar-refractivity contribution is -0.0245. The van der Waals surface area contributed by atoms with Crippen molar-refractivity contribution < 1.29 is 13.9 Å². The number of ether oxygens (including phenoxy) is 1. The predicted molar refractivity (Wildman–Crippen MR) is 74.8 cm³/mol. The van der Waals surface area contributed by atoms with E-state index in [1.54, 1.807) is 12.1 Å². The van der Waals surface area contributed by atoms with Gasteiger partial charge in [-0.15, -0.1) is 0 Å². The fourth-order valence-electron chi connectivity index (χ4n) is 4.13. The molecule has 3 unspecified atom stereocenters. The van der Waals surface area contributed by atoms with Crippen molar-refractivity contribution in [2.24, 2.45) is 16.7 Å². The van der Waals surface area contributed by atoms with E-state index in [2.05, 4.69) is 20.8 Å². The SMILES string of the molecule is CC1(C)C2CCC1(C)C(OC(=O)c1ccccc1F)C2. The van der Waals surface area contributed by atoms with Crippen molar-refractivity contribution >= 4 is 5.97 Å². The van der Waals surface area contributed by atoms with Crippen molar-refractivity contribution in [2.75, 3.05) is 0 Å². The molecule has 0 aliphatic heterocycles. The van der Waals surface area contributed by atoms with Crippen molar-refractivity contribution in [3.63, 3.8) is 0 Å². The lowest BCUT2D eigenvalue weighted by Crippen LogP contribution is -2.38. The average Bonchev–Trinajstić information content (AvgIpc) is 2.72. The molecule has 1 aromatic carbocycles. The zero-order chi connectivity index (χ0) is 14.5. The lowest BCUT2D eigenvalue weighted by Gasteiger charge is -2.38. The van der Waals surface area contributed by atoms with Crippen LogP contribution in [-0.2, 0) is 4.74 Å². The number of carbonyl (C=O) groups is 1. The Balaban J connectivity index is 1.81. The van der Waals surface area contributed by atoms with E-state index in [0.29, 0.717) is 5.92 Å². The van der Waals surface area contributed by atoms with Crippen LogP contribution in [0.4, 0.5) is 4.39 Å². The standard InChI is InChI=1S/C17H21FO2/c1-16(2)11-8-9-17(16,3)14(10-11)20-15(19)12-6-4-5-7-13(12)18/h4-7,11,14H,8-10H2,1-3H3. The third kappa shape index (κ3) is 1.72. The number of hydrogen-bond acceptors (Lipinski definition) is 2. The van der Waals surface area contributed by atoms with Gasteiger partial charge in [-0.25, -0.2) is 9.18 Å². The Hall–Kier alpha value is -1.38. The molecule has 3 rings (SSSR count). The molecule has 1 aromatic rings. The van der Waals surface area contributed by atoms with E-state index in [9.17, 15) is 9.18 Å². The summed E-state index contributed by atoms with van der Waals surface area (Å²) in [5.74, 6) is -0.436. The zero-order valence-corrected chi connectivity index (χ0v) is 12.3. The maximum atomic E-state index is 13.6. The Kier molecular flexibility index (Phi) is 2.93. The first-order valence-corrected chi connectivity index (χ1v) is 7.32. The normalized spacial score (nSPS) is 34.2. The molecule has 108 valence electrons. The van der Waals surface area contributed by atoms with Crippen LogP contribution < -0.4 is 0 Å². The molecule has 0 amide bonds. The molecule has 0 heterocycles. The summed E-state index contributed by atoms with van der Waals surface area (Å²) in [6.45, 7) is 6.74. The molecule has 0 spiro atoms. The number of fused-ring (bicyclic) bond motifs is 2. The van der Waals surface area contributed by atoms with Crippen molar-refractivity contribution in [3.05, 3.63) is 35.6 Å². The zero-order valence-electron chi connectivity index (χ0n) is 12.3. The van der Waals surface area contributed by atoms with E-state index >= 15 is 0 Å². The maximum absolute atomic E-state index is 13.6. The minimum atomic E-state index is -0.530. The summed E-state index contributed by atoms with van der Waals surface area (Å²) in [5.41, 5.74) is 0.239. The van der Waals surface area contributed by atoms with Crippen LogP contribution in [-0.4, -0.2) is 12.1 Å². The molecule has 0 radical (unpaired) electrons. The molecule has 2 saturated carbocycles. The molecule has 2 fully saturated rings. The number of hydrogen-bond donors (Lipinski definition) is 0. The summed E-state index contributed by atoms with van der Waals surface area (Å²) in [5, 5.41) is 0. The van der Waals surface area contributed by atoms with Crippen LogP contribution in [0.25, 0.3) is 0 Å². The van der Waals surface area contributed by atoms with E-state index in [-0.39, 0.29) is 22.5 Å². The fourth-order valence-corrected chi connectivity index (χ4v) is 4.13. The van der Waals surface area contributed by atoms with E-state index in [1.807, 2.05) is 0 Å². The number of halogens is 1. The molecule has 20 heavy (non-hydrogen) atoms. The largest absolute Gasteiger partial charge is 0.458 e. The van der Waals surface area contributed by atoms with Gasteiger partial charge < -0.3 is 4.74 Å². The second kappa shape index (κ2) is 4.31. The molecule has 2 aliphatic rings. The van der Waals surface area contributed by atoms with E-state index in [4.69, 9.17) is 4.74 Å². The van der Waals surface area contributed by atoms with Crippen LogP contribution in [0.5, 0.6) is 0 Å². The molecule has 2 nitrogen and oxygen atoms in total. The Morgan fingerprint density at radius 1 is 1.30 bits per heavy atom. The van der Waals surface area contributed by atoms with E-state index in [0.717, 1.165) is 12.8 Å². The molecule has 3 atom stereocenters. The third-order valence-corrected chi connectivity index (χ3v) is 6.06. The van der Waals surface area contributed by atoms with Gasteiger partial charge in [-0.1, -0.05) is 32.9 Å². The third-order valence-electron chi connectivity index (χ3n) is 6.06. The van der Waals surface area contributed by atoms with Crippen molar-refractivity contribution in [1.82, 2.24) is 0 Å². The molecule has 2 aliphatic carbocycles. The van der Waals surface area contributed by atoms with Gasteiger partial charge in [0.1, 0.15) is 11.9 Å². The first kappa shape index (κ1) is 13.6. The summed E-state index contributed by atoms with van der Waals surface area (Å²) >= 11 is 0. The molecular weight excluding hydrogens is 255 g/mol. The first-order chi connectivity index (χ1) is 9.36. The molecular formula is C17H21FO2. The van der Waals surface area contributed by atoms with Crippen LogP contribution in [0.3, 0.4) is 0 Å². The number of esters is 1. The van der Waals surface area contributed by atoms with Gasteiger partial charge in [0.25, 0.3) is 0 Å². The summed E-state index contributed by atoms with van der Waals surface area (Å²) in [6, 6.07) is 6.02. The summed E-state index contributed by atoms with van der Waals surface area (Å²) in [6.07, 6.45) is 3.10. The van der Waals surface area contributed by atoms with E-state index < -0.39 is 11.8 Å². The number of rotatable bonds is 2. The Morgan fingerprint density at radius 2 is 2.00 bits per heavy atom. The maximum Gasteiger partial charge on any atom is 0.341 e. The molecule has 0 saturated heterocycles. The Morgan fingerprint density at radius 3 is 2.55 bits per heavy atom. The summed E-state index contributed by atoms with van der Waals surface area (Å²) in [7, 11) is 0. The monoisotopic (exact) mass is 276 g/mol. The highest BCUT2D eigenvalue weighted by Crippen LogP contribution is 2.66. The van der Waals surface area contributed by atoms with Gasteiger partial charge in [0.15, 0.2) is 0 Å². The van der Waals surface area contributed by atoms with Gasteiger partial charge in [-0.05, 0) is 42.7 Å². The Bertz CT molecular complexity index is 552. The molecule has 0 N–H and O–H groups in total. The van der Waals surface area contributed by atoms with Crippen LogP contribution in [0.1, 0.15) is 50.4 Å². The van der Waals surface area contributed by atoms with Crippen molar-refractivity contribution in [3.8, 4) is 0 Å². The summed E-state index contributed by atoms with van der Waals surface area (Å²) in [4.78, 5) is 12.2. The van der Waals surface area contributed by atoms with Crippen LogP contribution in [0, 0.1) is 22.6 Å². The fraction of sp³-hybridized carbons (Fsp3) is 0.588. The van der Waals surface area contributed by atoms with Crippen LogP contribution in [0.2, 0.25) is 0 Å². The van der Waals surface area contributed by atoms with Gasteiger partial charge >= 0.3 is 5.97 Å². The lowest BCUT2D eigenvalue weighted by atomic mass is 9.70. The quantitative estimate of drug-likeness (QED) is 0.757. The van der Waals surface area contributed by atoms with Gasteiger partial charge in [-0.2, -0.15) is 0 Å². The minimum Gasteiger partial charge on any atom is -0.458 e. The first-order valence-electron chi connectivity index (χ1n) is 7.32. The minimum absolute atomic E-state index is 0.0125. The van der Waals surface area contributed by atoms with Gasteiger partial charge in [0, 0.05) is 5.41 Å². The highest BCUT2D eigenvalue weighted by Gasteiger charge is 2.62. The van der Waals surface area contributed by atoms with Gasteiger partial charge in [-0.3, -0.25) is 0 Å². The van der Waals surface area contributed by atoms with E-state index in [1.165, 1.54) is 18.6 Å². The van der Waals surface area contributed by atoms with Crippen molar-refractivity contribution in [2.45, 2.75) is 46.1 Å². The number of benzene rings is 1. The second-order valence-electron chi connectivity index (χ2n) is 6.98. The predicted octanol–water partition coefficient (Wildman–Crippen LogP) is 4.20.